The maximum atomic E-state index is 13.7. The Morgan fingerprint density at radius 1 is 1.23 bits per heavy atom. The summed E-state index contributed by atoms with van der Waals surface area (Å²) in [6.07, 6.45) is 8.89. The molecule has 0 radical (unpaired) electrons. The Hall–Kier alpha value is -3.05. The normalized spacial score (nSPS) is 28.6. The Morgan fingerprint density at radius 3 is 2.77 bits per heavy atom. The third-order valence-electron chi connectivity index (χ3n) is 6.56. The summed E-state index contributed by atoms with van der Waals surface area (Å²) in [5, 5.41) is 24.8. The lowest BCUT2D eigenvalue weighted by Crippen LogP contribution is -2.67. The van der Waals surface area contributed by atoms with E-state index in [1.54, 1.807) is 12.1 Å². The summed E-state index contributed by atoms with van der Waals surface area (Å²) >= 11 is 0. The van der Waals surface area contributed by atoms with Crippen molar-refractivity contribution in [3.8, 4) is 11.9 Å². The lowest BCUT2D eigenvalue weighted by atomic mass is 9.35. The fraction of sp³-hybridized carbons (Fsp3) is 0.455. The number of aliphatic hydroxyl groups is 1. The smallest absolute Gasteiger partial charge is 0.232 e. The molecule has 3 aliphatic carbocycles. The van der Waals surface area contributed by atoms with Crippen molar-refractivity contribution < 1.29 is 14.2 Å². The number of nitriles is 1. The van der Waals surface area contributed by atoms with Crippen molar-refractivity contribution in [3.63, 3.8) is 0 Å². The molecule has 1 atom stereocenters. The molecule has 7 nitrogen and oxygen atoms in total. The molecular weight excluding hydrogens is 385 g/mol. The summed E-state index contributed by atoms with van der Waals surface area (Å²) in [6, 6.07) is 7.00. The van der Waals surface area contributed by atoms with Gasteiger partial charge in [-0.1, -0.05) is 6.07 Å². The minimum absolute atomic E-state index is 0.0889. The first kappa shape index (κ1) is 18.9. The molecule has 1 aromatic heterocycles. The van der Waals surface area contributed by atoms with Crippen molar-refractivity contribution >= 4 is 6.21 Å². The SMILES string of the molecule is N#Cc1cnc(OCC23CC(CN4N=CCC4c4ccc(F)c(CO)c4)(C2)C3)cn1. The minimum Gasteiger partial charge on any atom is -0.476 e. The van der Waals surface area contributed by atoms with E-state index in [-0.39, 0.29) is 35.0 Å². The molecule has 2 heterocycles. The number of nitrogens with zero attached hydrogens (tertiary/aromatic N) is 5. The van der Waals surface area contributed by atoms with Gasteiger partial charge in [-0.25, -0.2) is 14.4 Å². The summed E-state index contributed by atoms with van der Waals surface area (Å²) < 4.78 is 19.5. The summed E-state index contributed by atoms with van der Waals surface area (Å²) in [5.74, 6) is 0.0769. The number of ether oxygens (including phenoxy) is 1. The Morgan fingerprint density at radius 2 is 2.07 bits per heavy atom. The van der Waals surface area contributed by atoms with E-state index in [1.807, 2.05) is 12.3 Å². The van der Waals surface area contributed by atoms with Gasteiger partial charge in [0.15, 0.2) is 5.69 Å². The van der Waals surface area contributed by atoms with Gasteiger partial charge < -0.3 is 9.84 Å². The zero-order valence-corrected chi connectivity index (χ0v) is 16.5. The Kier molecular flexibility index (Phi) is 4.44. The van der Waals surface area contributed by atoms with E-state index in [2.05, 4.69) is 20.1 Å². The molecule has 8 heteroatoms. The molecule has 6 rings (SSSR count). The highest BCUT2D eigenvalue weighted by molar-refractivity contribution is 5.61. The molecule has 3 fully saturated rings. The predicted molar refractivity (Wildman–Crippen MR) is 106 cm³/mol. The Bertz CT molecular complexity index is 1010. The van der Waals surface area contributed by atoms with Crippen LogP contribution in [0.3, 0.4) is 0 Å². The number of aliphatic hydroxyl groups excluding tert-OH is 1. The van der Waals surface area contributed by atoms with E-state index in [0.717, 1.165) is 37.8 Å². The third-order valence-corrected chi connectivity index (χ3v) is 6.56. The first-order valence-electron chi connectivity index (χ1n) is 10.1. The van der Waals surface area contributed by atoms with Crippen molar-refractivity contribution in [3.05, 3.63) is 53.2 Å². The highest BCUT2D eigenvalue weighted by Gasteiger charge is 2.68. The number of hydrogen-bond acceptors (Lipinski definition) is 7. The van der Waals surface area contributed by atoms with Gasteiger partial charge in [-0.05, 0) is 42.4 Å². The van der Waals surface area contributed by atoms with Crippen molar-refractivity contribution in [1.29, 1.82) is 5.26 Å². The molecule has 2 aromatic rings. The van der Waals surface area contributed by atoms with E-state index in [9.17, 15) is 9.50 Å². The average Bonchev–Trinajstić information content (AvgIpc) is 3.17. The van der Waals surface area contributed by atoms with Gasteiger partial charge >= 0.3 is 0 Å². The van der Waals surface area contributed by atoms with Crippen LogP contribution in [0, 0.1) is 28.0 Å². The van der Waals surface area contributed by atoms with Crippen LogP contribution in [0.25, 0.3) is 0 Å². The summed E-state index contributed by atoms with van der Waals surface area (Å²) in [5.41, 5.74) is 2.06. The first-order chi connectivity index (χ1) is 14.5. The van der Waals surface area contributed by atoms with E-state index in [0.29, 0.717) is 18.1 Å². The highest BCUT2D eigenvalue weighted by Crippen LogP contribution is 2.73. The van der Waals surface area contributed by atoms with E-state index in [1.165, 1.54) is 18.5 Å². The quantitative estimate of drug-likeness (QED) is 0.758. The third kappa shape index (κ3) is 3.19. The molecule has 1 aromatic carbocycles. The van der Waals surface area contributed by atoms with Crippen LogP contribution in [-0.4, -0.2) is 39.4 Å². The molecular formula is C22H22FN5O2. The maximum absolute atomic E-state index is 13.7. The Balaban J connectivity index is 1.17. The number of rotatable bonds is 7. The van der Waals surface area contributed by atoms with Crippen LogP contribution in [0.15, 0.2) is 35.7 Å². The number of benzene rings is 1. The highest BCUT2D eigenvalue weighted by atomic mass is 19.1. The molecule has 0 amide bonds. The van der Waals surface area contributed by atoms with Crippen LogP contribution in [0.2, 0.25) is 0 Å². The van der Waals surface area contributed by atoms with Crippen LogP contribution in [0.4, 0.5) is 4.39 Å². The lowest BCUT2D eigenvalue weighted by Gasteiger charge is -2.71. The van der Waals surface area contributed by atoms with Gasteiger partial charge in [-0.15, -0.1) is 0 Å². The van der Waals surface area contributed by atoms with Gasteiger partial charge in [0.2, 0.25) is 5.88 Å². The van der Waals surface area contributed by atoms with Crippen LogP contribution >= 0.6 is 0 Å². The van der Waals surface area contributed by atoms with Crippen molar-refractivity contribution in [2.75, 3.05) is 13.2 Å². The molecule has 154 valence electrons. The lowest BCUT2D eigenvalue weighted by molar-refractivity contribution is -0.229. The van der Waals surface area contributed by atoms with Gasteiger partial charge in [0, 0.05) is 30.2 Å². The molecule has 30 heavy (non-hydrogen) atoms. The largest absolute Gasteiger partial charge is 0.476 e. The standard InChI is InChI=1S/C22H22FN5O2/c23-18-2-1-15(5-16(18)9-29)19-3-4-27-28(19)13-21-10-22(11-21,12-21)14-30-20-8-25-17(6-24)7-26-20/h1-2,4-5,7-8,19,29H,3,9-14H2. The second-order valence-corrected chi connectivity index (χ2v) is 8.83. The van der Waals surface area contributed by atoms with Crippen molar-refractivity contribution in [2.45, 2.75) is 38.3 Å². The number of halogens is 1. The summed E-state index contributed by atoms with van der Waals surface area (Å²) in [6.45, 7) is 1.18. The fourth-order valence-corrected chi connectivity index (χ4v) is 5.41. The van der Waals surface area contributed by atoms with Crippen molar-refractivity contribution in [2.24, 2.45) is 15.9 Å². The zero-order chi connectivity index (χ0) is 20.8. The topological polar surface area (TPSA) is 94.6 Å². The zero-order valence-electron chi connectivity index (χ0n) is 16.5. The molecule has 1 unspecified atom stereocenters. The van der Waals surface area contributed by atoms with Gasteiger partial charge in [-0.2, -0.15) is 10.4 Å². The molecule has 0 spiro atoms. The number of aromatic nitrogens is 2. The monoisotopic (exact) mass is 407 g/mol. The first-order valence-corrected chi connectivity index (χ1v) is 10.1. The molecule has 2 bridgehead atoms. The number of hydrazone groups is 1. The maximum Gasteiger partial charge on any atom is 0.232 e. The number of hydrogen-bond donors (Lipinski definition) is 1. The summed E-state index contributed by atoms with van der Waals surface area (Å²) in [7, 11) is 0. The molecule has 1 N–H and O–H groups in total. The fourth-order valence-electron chi connectivity index (χ4n) is 5.41. The van der Waals surface area contributed by atoms with Crippen LogP contribution in [0.5, 0.6) is 5.88 Å². The van der Waals surface area contributed by atoms with Crippen LogP contribution in [0.1, 0.15) is 48.5 Å². The predicted octanol–water partition coefficient (Wildman–Crippen LogP) is 2.96. The van der Waals surface area contributed by atoms with E-state index in [4.69, 9.17) is 10.00 Å². The summed E-state index contributed by atoms with van der Waals surface area (Å²) in [4.78, 5) is 8.09. The van der Waals surface area contributed by atoms with Gasteiger partial charge in [0.1, 0.15) is 11.9 Å². The molecule has 0 saturated heterocycles. The van der Waals surface area contributed by atoms with Crippen LogP contribution in [-0.2, 0) is 6.61 Å². The van der Waals surface area contributed by atoms with E-state index < -0.39 is 0 Å². The van der Waals surface area contributed by atoms with Gasteiger partial charge in [-0.3, -0.25) is 5.01 Å². The average molecular weight is 407 g/mol. The van der Waals surface area contributed by atoms with E-state index >= 15 is 0 Å². The second kappa shape index (κ2) is 7.03. The second-order valence-electron chi connectivity index (χ2n) is 8.83. The Labute approximate surface area is 173 Å². The minimum atomic E-state index is -0.375. The van der Waals surface area contributed by atoms with Crippen molar-refractivity contribution in [1.82, 2.24) is 15.0 Å². The van der Waals surface area contributed by atoms with Crippen LogP contribution < -0.4 is 4.74 Å². The molecule has 3 saturated carbocycles. The molecule has 1 aliphatic heterocycles. The molecule has 4 aliphatic rings. The van der Waals surface area contributed by atoms with Gasteiger partial charge in [0.05, 0.1) is 31.6 Å². The van der Waals surface area contributed by atoms with Gasteiger partial charge in [0.25, 0.3) is 0 Å².